The molecule has 0 spiro atoms. The van der Waals surface area contributed by atoms with Crippen molar-refractivity contribution in [3.8, 4) is 22.8 Å². The summed E-state index contributed by atoms with van der Waals surface area (Å²) in [5.41, 5.74) is 2.71. The molecule has 10 heteroatoms. The SMILES string of the molecule is CC(CC/C=C/C1(CCc2nc(-c3ccccc3)oc2-c2ccccc2)OCCO1)OC(=O)OCC(Cl)(Cl)Cl. The van der Waals surface area contributed by atoms with Crippen molar-refractivity contribution in [3.05, 3.63) is 78.5 Å². The van der Waals surface area contributed by atoms with Crippen LogP contribution in [0, 0.1) is 0 Å². The van der Waals surface area contributed by atoms with Crippen LogP contribution in [0.3, 0.4) is 0 Å². The zero-order valence-electron chi connectivity index (χ0n) is 21.5. The summed E-state index contributed by atoms with van der Waals surface area (Å²) in [4.78, 5) is 16.6. The van der Waals surface area contributed by atoms with Crippen molar-refractivity contribution in [2.24, 2.45) is 0 Å². The maximum Gasteiger partial charge on any atom is 0.508 e. The number of rotatable bonds is 11. The summed E-state index contributed by atoms with van der Waals surface area (Å²) in [6, 6.07) is 19.8. The molecule has 0 amide bonds. The number of nitrogens with zero attached hydrogens (tertiary/aromatic N) is 1. The lowest BCUT2D eigenvalue weighted by molar-refractivity contribution is -0.121. The van der Waals surface area contributed by atoms with Gasteiger partial charge in [-0.2, -0.15) is 0 Å². The minimum absolute atomic E-state index is 0.384. The Morgan fingerprint density at radius 1 is 1.05 bits per heavy atom. The molecule has 1 aromatic heterocycles. The first-order valence-corrected chi connectivity index (χ1v) is 13.8. The Morgan fingerprint density at radius 2 is 1.69 bits per heavy atom. The molecule has 4 rings (SSSR count). The van der Waals surface area contributed by atoms with Crippen molar-refractivity contribution in [1.29, 1.82) is 0 Å². The average molecular weight is 595 g/mol. The number of oxazole rings is 1. The van der Waals surface area contributed by atoms with Gasteiger partial charge in [0.05, 0.1) is 18.9 Å². The molecule has 208 valence electrons. The normalized spacial score (nSPS) is 15.9. The molecule has 1 aliphatic heterocycles. The van der Waals surface area contributed by atoms with E-state index in [1.807, 2.05) is 72.8 Å². The first kappa shape index (κ1) is 29.4. The Bertz CT molecular complexity index is 1220. The molecule has 3 aromatic rings. The molecule has 0 N–H and O–H groups in total. The predicted molar refractivity (Wildman–Crippen MR) is 151 cm³/mol. The molecule has 39 heavy (non-hydrogen) atoms. The Balaban J connectivity index is 1.38. The van der Waals surface area contributed by atoms with E-state index < -0.39 is 15.7 Å². The van der Waals surface area contributed by atoms with Crippen LogP contribution < -0.4 is 0 Å². The van der Waals surface area contributed by atoms with Crippen LogP contribution >= 0.6 is 34.8 Å². The number of benzene rings is 2. The fourth-order valence-corrected chi connectivity index (χ4v) is 4.28. The predicted octanol–water partition coefficient (Wildman–Crippen LogP) is 7.93. The van der Waals surface area contributed by atoms with Gasteiger partial charge in [0, 0.05) is 17.5 Å². The Morgan fingerprint density at radius 3 is 2.33 bits per heavy atom. The Labute approximate surface area is 242 Å². The van der Waals surface area contributed by atoms with Crippen molar-refractivity contribution < 1.29 is 28.2 Å². The second-order valence-electron chi connectivity index (χ2n) is 9.10. The average Bonchev–Trinajstić information content (AvgIpc) is 3.57. The van der Waals surface area contributed by atoms with E-state index in [9.17, 15) is 4.79 Å². The third kappa shape index (κ3) is 8.98. The van der Waals surface area contributed by atoms with E-state index in [-0.39, 0.29) is 12.7 Å². The summed E-state index contributed by atoms with van der Waals surface area (Å²) in [5, 5.41) is 0. The zero-order valence-corrected chi connectivity index (χ0v) is 23.8. The van der Waals surface area contributed by atoms with Crippen molar-refractivity contribution in [2.75, 3.05) is 19.8 Å². The lowest BCUT2D eigenvalue weighted by Crippen LogP contribution is -2.28. The lowest BCUT2D eigenvalue weighted by atomic mass is 10.0. The number of carbonyl (C=O) groups excluding carboxylic acids is 1. The molecular formula is C29H30Cl3NO6. The molecule has 2 aromatic carbocycles. The van der Waals surface area contributed by atoms with Gasteiger partial charge in [0.25, 0.3) is 0 Å². The van der Waals surface area contributed by atoms with Gasteiger partial charge in [-0.1, -0.05) is 89.4 Å². The monoisotopic (exact) mass is 593 g/mol. The van der Waals surface area contributed by atoms with Crippen LogP contribution in [0.2, 0.25) is 0 Å². The van der Waals surface area contributed by atoms with Crippen molar-refractivity contribution in [3.63, 3.8) is 0 Å². The fraction of sp³-hybridized carbons (Fsp3) is 0.379. The first-order chi connectivity index (χ1) is 18.7. The number of aromatic nitrogens is 1. The fourth-order valence-electron chi connectivity index (χ4n) is 4.12. The minimum Gasteiger partial charge on any atom is -0.436 e. The highest BCUT2D eigenvalue weighted by Gasteiger charge is 2.34. The summed E-state index contributed by atoms with van der Waals surface area (Å²) >= 11 is 16.7. The second kappa shape index (κ2) is 13.7. The molecule has 2 heterocycles. The number of halogens is 3. The number of carbonyl (C=O) groups is 1. The number of hydrogen-bond acceptors (Lipinski definition) is 7. The molecule has 1 fully saturated rings. The smallest absolute Gasteiger partial charge is 0.436 e. The van der Waals surface area contributed by atoms with Crippen LogP contribution in [-0.2, 0) is 25.4 Å². The topological polar surface area (TPSA) is 80.0 Å². The summed E-state index contributed by atoms with van der Waals surface area (Å²) in [7, 11) is 0. The van der Waals surface area contributed by atoms with Gasteiger partial charge in [-0.05, 0) is 44.4 Å². The van der Waals surface area contributed by atoms with E-state index in [1.54, 1.807) is 6.92 Å². The van der Waals surface area contributed by atoms with Crippen molar-refractivity contribution in [1.82, 2.24) is 4.98 Å². The third-order valence-electron chi connectivity index (χ3n) is 6.00. The first-order valence-electron chi connectivity index (χ1n) is 12.7. The number of aryl methyl sites for hydroxylation is 1. The number of ether oxygens (including phenoxy) is 4. The van der Waals surface area contributed by atoms with Crippen LogP contribution in [0.4, 0.5) is 4.79 Å². The van der Waals surface area contributed by atoms with Gasteiger partial charge in [0.15, 0.2) is 11.5 Å². The zero-order chi connectivity index (χ0) is 27.7. The molecule has 1 unspecified atom stereocenters. The molecule has 7 nitrogen and oxygen atoms in total. The van der Waals surface area contributed by atoms with Crippen LogP contribution in [-0.4, -0.2) is 46.6 Å². The van der Waals surface area contributed by atoms with Gasteiger partial charge in [0.1, 0.15) is 12.7 Å². The lowest BCUT2D eigenvalue weighted by Gasteiger charge is -2.23. The minimum atomic E-state index is -1.68. The van der Waals surface area contributed by atoms with Gasteiger partial charge < -0.3 is 23.4 Å². The largest absolute Gasteiger partial charge is 0.508 e. The van der Waals surface area contributed by atoms with Gasteiger partial charge in [-0.15, -0.1) is 0 Å². The van der Waals surface area contributed by atoms with Gasteiger partial charge in [-0.3, -0.25) is 0 Å². The molecule has 0 saturated carbocycles. The van der Waals surface area contributed by atoms with Gasteiger partial charge in [-0.25, -0.2) is 9.78 Å². The Kier molecular flexibility index (Phi) is 10.3. The number of hydrogen-bond donors (Lipinski definition) is 0. The van der Waals surface area contributed by atoms with E-state index in [4.69, 9.17) is 63.2 Å². The second-order valence-corrected chi connectivity index (χ2v) is 11.6. The molecule has 1 atom stereocenters. The summed E-state index contributed by atoms with van der Waals surface area (Å²) in [6.07, 6.45) is 4.95. The highest BCUT2D eigenvalue weighted by atomic mass is 35.6. The molecule has 0 radical (unpaired) electrons. The molecule has 1 saturated heterocycles. The van der Waals surface area contributed by atoms with Gasteiger partial charge in [0.2, 0.25) is 9.68 Å². The van der Waals surface area contributed by atoms with Crippen LogP contribution in [0.1, 0.15) is 31.9 Å². The number of alkyl halides is 3. The highest BCUT2D eigenvalue weighted by molar-refractivity contribution is 6.67. The van der Waals surface area contributed by atoms with Crippen LogP contribution in [0.15, 0.2) is 77.2 Å². The van der Waals surface area contributed by atoms with E-state index in [1.165, 1.54) is 0 Å². The number of allylic oxidation sites excluding steroid dienone is 1. The van der Waals surface area contributed by atoms with E-state index in [0.717, 1.165) is 22.6 Å². The molecule has 1 aliphatic rings. The van der Waals surface area contributed by atoms with Crippen molar-refractivity contribution >= 4 is 41.0 Å². The maximum atomic E-state index is 11.7. The molecule has 0 bridgehead atoms. The Hall–Kier alpha value is -2.55. The third-order valence-corrected chi connectivity index (χ3v) is 6.33. The maximum absolute atomic E-state index is 11.7. The quantitative estimate of drug-likeness (QED) is 0.127. The molecule has 0 aliphatic carbocycles. The van der Waals surface area contributed by atoms with E-state index in [0.29, 0.717) is 44.8 Å². The van der Waals surface area contributed by atoms with Crippen LogP contribution in [0.5, 0.6) is 0 Å². The van der Waals surface area contributed by atoms with Crippen molar-refractivity contribution in [2.45, 2.75) is 48.3 Å². The van der Waals surface area contributed by atoms with Gasteiger partial charge >= 0.3 is 6.16 Å². The summed E-state index contributed by atoms with van der Waals surface area (Å²) in [6.45, 7) is 2.38. The molecular weight excluding hydrogens is 565 g/mol. The summed E-state index contributed by atoms with van der Waals surface area (Å²) < 4.78 is 26.6. The standard InChI is InChI=1S/C29H30Cl3NO6/c1-21(38-27(34)35-20-29(30,31)32)10-8-9-16-28(36-18-19-37-28)17-15-24-25(22-11-4-2-5-12-22)39-26(33-24)23-13-6-3-7-14-23/h2-7,9,11-14,16,21H,8,10,15,17-20H2,1H3/b16-9+. The van der Waals surface area contributed by atoms with Crippen LogP contribution in [0.25, 0.3) is 22.8 Å². The van der Waals surface area contributed by atoms with E-state index >= 15 is 0 Å². The highest BCUT2D eigenvalue weighted by Crippen LogP contribution is 2.34. The summed E-state index contributed by atoms with van der Waals surface area (Å²) in [5.74, 6) is 0.440. The van der Waals surface area contributed by atoms with E-state index in [2.05, 4.69) is 0 Å².